The van der Waals surface area contributed by atoms with E-state index in [1.165, 1.54) is 6.92 Å². The Kier molecular flexibility index (Phi) is 40.0. The fourth-order valence-electron chi connectivity index (χ4n) is 0.779. The summed E-state index contributed by atoms with van der Waals surface area (Å²) in [6.45, 7) is 1.54. The predicted molar refractivity (Wildman–Crippen MR) is 49.9 cm³/mol. The Hall–Kier alpha value is 5.61. The van der Waals surface area contributed by atoms with Crippen molar-refractivity contribution in [2.24, 2.45) is 0 Å². The third kappa shape index (κ3) is 18.0. The van der Waals surface area contributed by atoms with Crippen LogP contribution in [0.25, 0.3) is 0 Å². The predicted octanol–water partition coefficient (Wildman–Crippen LogP) is -2.71. The van der Waals surface area contributed by atoms with E-state index in [0.717, 1.165) is 0 Å². The van der Waals surface area contributed by atoms with Gasteiger partial charge in [0.05, 0.1) is 0 Å². The van der Waals surface area contributed by atoms with Crippen LogP contribution in [-0.4, -0.2) is 81.9 Å². The van der Waals surface area contributed by atoms with E-state index in [1.807, 2.05) is 0 Å². The normalized spacial score (nSPS) is 28.7. The molecule has 102 valence electrons. The Morgan fingerprint density at radius 2 is 1.50 bits per heavy atom. The van der Waals surface area contributed by atoms with Crippen LogP contribution >= 0.6 is 0 Å². The van der Waals surface area contributed by atoms with E-state index in [1.54, 1.807) is 0 Å². The molecule has 1 heterocycles. The summed E-state index contributed by atoms with van der Waals surface area (Å²) in [7, 11) is 0. The van der Waals surface area contributed by atoms with Crippen LogP contribution in [0.15, 0.2) is 0 Å². The minimum atomic E-state index is -1.10. The molecule has 0 saturated carbocycles. The van der Waals surface area contributed by atoms with Gasteiger partial charge in [-0.1, -0.05) is 0 Å². The first-order valence-corrected chi connectivity index (χ1v) is 5.70. The Bertz CT molecular complexity index is 188. The molecule has 0 aromatic heterocycles. The van der Waals surface area contributed by atoms with E-state index in [4.69, 9.17) is 20.1 Å². The first-order valence-electron chi connectivity index (χ1n) is 3.85. The maximum atomic E-state index is 9.39. The van der Waals surface area contributed by atoms with Gasteiger partial charge in [0.2, 0.25) is 0 Å². The molecule has 0 bridgehead atoms. The zero-order valence-corrected chi connectivity index (χ0v) is 29.4. The van der Waals surface area contributed by atoms with Crippen LogP contribution in [0.2, 0.25) is 0 Å². The zero-order chi connectivity index (χ0) is 11.3. The van der Waals surface area contributed by atoms with E-state index in [2.05, 4.69) is 32.0 Å². The van der Waals surface area contributed by atoms with E-state index < -0.39 is 23.3 Å². The molecule has 4 unspecified atom stereocenters. The number of aliphatic hydroxyl groups excluding tert-OH is 3. The van der Waals surface area contributed by atoms with Crippen molar-refractivity contribution in [3.05, 3.63) is 0 Å². The molecule has 1 saturated heterocycles. The van der Waals surface area contributed by atoms with E-state index in [9.17, 15) is 4.79 Å². The van der Waals surface area contributed by atoms with E-state index >= 15 is 0 Å². The van der Waals surface area contributed by atoms with Crippen LogP contribution < -0.4 is 0 Å². The van der Waals surface area contributed by atoms with Gasteiger partial charge in [0.15, 0.2) is 0 Å². The Labute approximate surface area is 246 Å². The van der Waals surface area contributed by atoms with Crippen molar-refractivity contribution >= 4 is 36.7 Å². The van der Waals surface area contributed by atoms with Crippen LogP contribution in [0.3, 0.4) is 0 Å². The summed E-state index contributed by atoms with van der Waals surface area (Å²) in [4.78, 5) is 9.39. The molecular formula is C7H12Ac3AuO5Se2. The van der Waals surface area contributed by atoms with Crippen molar-refractivity contribution in [3.63, 3.8) is 0 Å². The van der Waals surface area contributed by atoms with Gasteiger partial charge in [-0.05, 0) is 0 Å². The summed E-state index contributed by atoms with van der Waals surface area (Å²) in [6, 6.07) is 0. The van der Waals surface area contributed by atoms with Gasteiger partial charge in [-0.15, -0.1) is 0 Å². The van der Waals surface area contributed by atoms with Gasteiger partial charge in [0.1, 0.15) is 0 Å². The third-order valence-corrected chi connectivity index (χ3v) is 2.32. The SMILES string of the molecule is CC(=O)[Se].OC1COC([Se])C(O)C1O.[Ac].[Ac].[Ac].[Au]. The molecule has 0 amide bonds. The monoisotopic (exact) mass is 1210 g/mol. The Balaban J connectivity index is -0.0000000635. The second-order valence-corrected chi connectivity index (χ2v) is 4.92. The summed E-state index contributed by atoms with van der Waals surface area (Å²) in [5.41, 5.74) is 0. The molecule has 6 radical (unpaired) electrons. The molecule has 1 rings (SSSR count). The maximum absolute atomic E-state index is 9.39. The maximum Gasteiger partial charge on any atom is 0 e. The third-order valence-electron chi connectivity index (χ3n) is 1.45. The Morgan fingerprint density at radius 3 is 1.78 bits per heavy atom. The van der Waals surface area contributed by atoms with Gasteiger partial charge >= 0.3 is 98.4 Å². The quantitative estimate of drug-likeness (QED) is 0.230. The second kappa shape index (κ2) is 20.7. The molecule has 0 aromatic rings. The molecule has 11 heteroatoms. The van der Waals surface area contributed by atoms with E-state index in [-0.39, 0.29) is 166 Å². The Morgan fingerprint density at radius 1 is 1.17 bits per heavy atom. The molecular weight excluding hydrogens is 1200 g/mol. The molecule has 1 aliphatic heterocycles. The summed E-state index contributed by atoms with van der Waals surface area (Å²) < 4.78 is 4.90. The smallest absolute Gasteiger partial charge is 0 e. The standard InChI is InChI=1S/C5H9O4Se.C2H3OSe.3Ac.Au/c6-2-1-9-5(10)4(8)3(2)7;1-2(3)4;;;;/h2-8H,1H2;1H3;;;;. The second-order valence-electron chi connectivity index (χ2n) is 2.74. The number of aliphatic hydroxyl groups is 3. The average Bonchev–Trinajstić information content (AvgIpc) is 2.07. The first kappa shape index (κ1) is 34.9. The van der Waals surface area contributed by atoms with Gasteiger partial charge in [0.25, 0.3) is 0 Å². The summed E-state index contributed by atoms with van der Waals surface area (Å²) in [5.74, 6) is 0. The zero-order valence-electron chi connectivity index (χ0n) is 9.52. The van der Waals surface area contributed by atoms with Crippen molar-refractivity contribution in [1.29, 1.82) is 0 Å². The van der Waals surface area contributed by atoms with Gasteiger partial charge < -0.3 is 0 Å². The average molecular weight is 1210 g/mol. The van der Waals surface area contributed by atoms with Crippen molar-refractivity contribution < 1.29 is 179 Å². The number of rotatable bonds is 0. The molecule has 1 fully saturated rings. The van der Waals surface area contributed by atoms with Crippen LogP contribution in [0, 0.1) is 132 Å². The van der Waals surface area contributed by atoms with Crippen molar-refractivity contribution in [2.45, 2.75) is 30.2 Å². The summed E-state index contributed by atoms with van der Waals surface area (Å²) >= 11 is 4.80. The molecule has 5 nitrogen and oxygen atoms in total. The number of hydrogen-bond acceptors (Lipinski definition) is 5. The minimum absolute atomic E-state index is 0. The summed E-state index contributed by atoms with van der Waals surface area (Å²) in [5, 5.41) is 26.5. The largest absolute Gasteiger partial charge is 0 e. The van der Waals surface area contributed by atoms with Crippen LogP contribution in [0.1, 0.15) is 6.92 Å². The fourth-order valence-corrected chi connectivity index (χ4v) is 1.28. The molecule has 4 atom stereocenters. The number of hydrogen-bond donors (Lipinski definition) is 3. The molecule has 18 heavy (non-hydrogen) atoms. The van der Waals surface area contributed by atoms with Crippen molar-refractivity contribution in [1.82, 2.24) is 0 Å². The van der Waals surface area contributed by atoms with Gasteiger partial charge in [0, 0.05) is 155 Å². The topological polar surface area (TPSA) is 87.0 Å². The van der Waals surface area contributed by atoms with Crippen molar-refractivity contribution in [2.75, 3.05) is 6.61 Å². The minimum Gasteiger partial charge on any atom is 0 e. The molecule has 0 spiro atoms. The van der Waals surface area contributed by atoms with Gasteiger partial charge in [-0.3, -0.25) is 0 Å². The van der Waals surface area contributed by atoms with Crippen LogP contribution in [0.4, 0.5) is 0 Å². The molecule has 0 aromatic carbocycles. The number of ether oxygens (including phenoxy) is 1. The fraction of sp³-hybridized carbons (Fsp3) is 0.857. The number of carbonyl (C=O) groups is 1. The van der Waals surface area contributed by atoms with Crippen LogP contribution in [0.5, 0.6) is 0 Å². The molecule has 0 aliphatic carbocycles. The molecule has 1 aliphatic rings. The summed E-state index contributed by atoms with van der Waals surface area (Å²) in [6.07, 6.45) is -3.09. The van der Waals surface area contributed by atoms with Crippen molar-refractivity contribution in [3.8, 4) is 0 Å². The number of carbonyl (C=O) groups excluding carboxylic acids is 1. The van der Waals surface area contributed by atoms with Gasteiger partial charge in [-0.25, -0.2) is 0 Å². The molecule has 3 N–H and O–H groups in total. The first-order chi connectivity index (χ1) is 6.36. The van der Waals surface area contributed by atoms with Gasteiger partial charge in [-0.2, -0.15) is 0 Å². The van der Waals surface area contributed by atoms with E-state index in [0.29, 0.717) is 0 Å². The van der Waals surface area contributed by atoms with Crippen LogP contribution in [-0.2, 0) is 31.9 Å².